The topological polar surface area (TPSA) is 12.0 Å². The number of benzene rings is 1. The van der Waals surface area contributed by atoms with Crippen molar-refractivity contribution >= 4 is 15.9 Å². The summed E-state index contributed by atoms with van der Waals surface area (Å²) in [5.74, 6) is -0.0865. The van der Waals surface area contributed by atoms with E-state index in [1.807, 2.05) is 6.92 Å². The second-order valence-corrected chi connectivity index (χ2v) is 5.79. The van der Waals surface area contributed by atoms with E-state index in [0.717, 1.165) is 13.0 Å². The van der Waals surface area contributed by atoms with Crippen LogP contribution in [0.3, 0.4) is 0 Å². The molecule has 0 spiro atoms. The Hall–Kier alpha value is -0.480. The molecule has 1 aromatic carbocycles. The van der Waals surface area contributed by atoms with Gasteiger partial charge >= 0.3 is 0 Å². The van der Waals surface area contributed by atoms with Crippen molar-refractivity contribution in [3.05, 3.63) is 33.8 Å². The Morgan fingerprint density at radius 3 is 2.61 bits per heavy atom. The highest BCUT2D eigenvalue weighted by Gasteiger charge is 2.25. The van der Waals surface area contributed by atoms with Gasteiger partial charge in [-0.1, -0.05) is 26.2 Å². The van der Waals surface area contributed by atoms with Crippen LogP contribution in [-0.4, -0.2) is 6.54 Å². The summed E-state index contributed by atoms with van der Waals surface area (Å²) in [5.41, 5.74) is 0.449. The molecule has 1 saturated carbocycles. The highest BCUT2D eigenvalue weighted by Crippen LogP contribution is 2.36. The zero-order valence-corrected chi connectivity index (χ0v) is 12.1. The van der Waals surface area contributed by atoms with Gasteiger partial charge in [0.25, 0.3) is 0 Å². The summed E-state index contributed by atoms with van der Waals surface area (Å²) in [4.78, 5) is 0. The number of halogens is 3. The largest absolute Gasteiger partial charge is 0.310 e. The van der Waals surface area contributed by atoms with Gasteiger partial charge in [0.05, 0.1) is 4.47 Å². The van der Waals surface area contributed by atoms with Crippen LogP contribution >= 0.6 is 15.9 Å². The first kappa shape index (κ1) is 13.9. The fourth-order valence-corrected chi connectivity index (χ4v) is 2.75. The summed E-state index contributed by atoms with van der Waals surface area (Å²) in [6, 6.07) is 2.45. The predicted molar refractivity (Wildman–Crippen MR) is 72.4 cm³/mol. The Kier molecular flexibility index (Phi) is 4.73. The Bertz CT molecular complexity index is 419. The fraction of sp³-hybridized carbons (Fsp3) is 0.571. The van der Waals surface area contributed by atoms with Crippen LogP contribution in [-0.2, 0) is 0 Å². The molecule has 0 radical (unpaired) electrons. The number of hydrogen-bond donors (Lipinski definition) is 1. The second-order valence-electron chi connectivity index (χ2n) is 4.93. The smallest absolute Gasteiger partial charge is 0.137 e. The minimum absolute atomic E-state index is 0.0806. The van der Waals surface area contributed by atoms with Crippen molar-refractivity contribution in [2.75, 3.05) is 6.54 Å². The Balaban J connectivity index is 2.20. The van der Waals surface area contributed by atoms with E-state index in [0.29, 0.717) is 11.5 Å². The predicted octanol–water partition coefficient (Wildman–Crippen LogP) is 4.57. The van der Waals surface area contributed by atoms with E-state index >= 15 is 0 Å². The third-order valence-electron chi connectivity index (χ3n) is 3.66. The van der Waals surface area contributed by atoms with Crippen molar-refractivity contribution in [2.24, 2.45) is 5.92 Å². The lowest BCUT2D eigenvalue weighted by molar-refractivity contribution is 0.260. The minimum Gasteiger partial charge on any atom is -0.310 e. The van der Waals surface area contributed by atoms with Crippen LogP contribution in [0.25, 0.3) is 0 Å². The molecule has 1 aromatic rings. The van der Waals surface area contributed by atoms with Gasteiger partial charge in [0.2, 0.25) is 0 Å². The van der Waals surface area contributed by atoms with Crippen molar-refractivity contribution in [1.82, 2.24) is 5.32 Å². The van der Waals surface area contributed by atoms with Gasteiger partial charge < -0.3 is 5.32 Å². The van der Waals surface area contributed by atoms with E-state index in [2.05, 4.69) is 21.2 Å². The van der Waals surface area contributed by atoms with Crippen molar-refractivity contribution in [3.63, 3.8) is 0 Å². The van der Waals surface area contributed by atoms with Gasteiger partial charge in [-0.05, 0) is 46.9 Å². The van der Waals surface area contributed by atoms with Gasteiger partial charge in [-0.15, -0.1) is 0 Å². The summed E-state index contributed by atoms with van der Waals surface area (Å²) < 4.78 is 27.7. The first-order valence-electron chi connectivity index (χ1n) is 6.49. The summed E-state index contributed by atoms with van der Waals surface area (Å²) in [5, 5.41) is 3.26. The highest BCUT2D eigenvalue weighted by molar-refractivity contribution is 9.10. The summed E-state index contributed by atoms with van der Waals surface area (Å²) in [7, 11) is 0. The first-order chi connectivity index (χ1) is 8.61. The zero-order valence-electron chi connectivity index (χ0n) is 10.5. The van der Waals surface area contributed by atoms with E-state index < -0.39 is 5.82 Å². The molecule has 0 heterocycles. The van der Waals surface area contributed by atoms with Crippen molar-refractivity contribution in [1.29, 1.82) is 0 Å². The third kappa shape index (κ3) is 3.09. The molecule has 1 aliphatic carbocycles. The van der Waals surface area contributed by atoms with E-state index in [4.69, 9.17) is 0 Å². The molecule has 100 valence electrons. The molecule has 1 fully saturated rings. The van der Waals surface area contributed by atoms with Gasteiger partial charge in [0.1, 0.15) is 11.6 Å². The number of rotatable bonds is 5. The molecule has 1 unspecified atom stereocenters. The van der Waals surface area contributed by atoms with Crippen LogP contribution in [0.2, 0.25) is 0 Å². The van der Waals surface area contributed by atoms with E-state index in [1.54, 1.807) is 0 Å². The van der Waals surface area contributed by atoms with E-state index in [-0.39, 0.29) is 16.3 Å². The Morgan fingerprint density at radius 2 is 2.06 bits per heavy atom. The molecule has 0 bridgehead atoms. The lowest BCUT2D eigenvalue weighted by atomic mass is 9.79. The minimum atomic E-state index is -0.400. The lowest BCUT2D eigenvalue weighted by Gasteiger charge is -2.30. The van der Waals surface area contributed by atoms with Crippen molar-refractivity contribution in [2.45, 2.75) is 38.6 Å². The molecule has 1 atom stereocenters. The van der Waals surface area contributed by atoms with Crippen molar-refractivity contribution in [3.8, 4) is 0 Å². The molecule has 0 aliphatic heterocycles. The maximum absolute atomic E-state index is 13.9. The highest BCUT2D eigenvalue weighted by atomic mass is 79.9. The van der Waals surface area contributed by atoms with Crippen LogP contribution in [0.15, 0.2) is 16.6 Å². The average molecular weight is 318 g/mol. The quantitative estimate of drug-likeness (QED) is 0.784. The number of nitrogens with one attached hydrogen (secondary N) is 1. The van der Waals surface area contributed by atoms with Gasteiger partial charge in [-0.3, -0.25) is 0 Å². The molecule has 18 heavy (non-hydrogen) atoms. The standard InChI is InChI=1S/C14H18BrF2N/c1-2-18-14(6-9-4-3-5-9)10-7-13(17)11(15)8-12(10)16/h7-9,14,18H,2-6H2,1H3. The van der Waals surface area contributed by atoms with Gasteiger partial charge in [-0.25, -0.2) is 8.78 Å². The monoisotopic (exact) mass is 317 g/mol. The van der Waals surface area contributed by atoms with Crippen LogP contribution in [0.1, 0.15) is 44.2 Å². The van der Waals surface area contributed by atoms with Crippen LogP contribution in [0.4, 0.5) is 8.78 Å². The summed E-state index contributed by atoms with van der Waals surface area (Å²) in [6.07, 6.45) is 4.58. The Labute approximate surface area is 115 Å². The maximum Gasteiger partial charge on any atom is 0.137 e. The molecule has 0 amide bonds. The first-order valence-corrected chi connectivity index (χ1v) is 7.29. The molecule has 4 heteroatoms. The average Bonchev–Trinajstić information content (AvgIpc) is 2.27. The summed E-state index contributed by atoms with van der Waals surface area (Å²) in [6.45, 7) is 2.75. The molecule has 1 nitrogen and oxygen atoms in total. The summed E-state index contributed by atoms with van der Waals surface area (Å²) >= 11 is 3.01. The molecule has 1 N–H and O–H groups in total. The molecule has 2 rings (SSSR count). The molecule has 1 aliphatic rings. The van der Waals surface area contributed by atoms with Crippen LogP contribution in [0, 0.1) is 17.6 Å². The van der Waals surface area contributed by atoms with Crippen LogP contribution in [0.5, 0.6) is 0 Å². The SMILES string of the molecule is CCNC(CC1CCC1)c1cc(F)c(Br)cc1F. The van der Waals surface area contributed by atoms with E-state index in [1.165, 1.54) is 31.4 Å². The zero-order chi connectivity index (χ0) is 13.1. The van der Waals surface area contributed by atoms with Crippen molar-refractivity contribution < 1.29 is 8.78 Å². The lowest BCUT2D eigenvalue weighted by Crippen LogP contribution is -2.26. The van der Waals surface area contributed by atoms with Gasteiger partial charge in [0, 0.05) is 11.6 Å². The number of hydrogen-bond acceptors (Lipinski definition) is 1. The van der Waals surface area contributed by atoms with Gasteiger partial charge in [0.15, 0.2) is 0 Å². The van der Waals surface area contributed by atoms with E-state index in [9.17, 15) is 8.78 Å². The van der Waals surface area contributed by atoms with Gasteiger partial charge in [-0.2, -0.15) is 0 Å². The molecular weight excluding hydrogens is 300 g/mol. The maximum atomic E-state index is 13.9. The normalized spacial score (nSPS) is 17.6. The third-order valence-corrected chi connectivity index (χ3v) is 4.27. The fourth-order valence-electron chi connectivity index (χ4n) is 2.43. The van der Waals surface area contributed by atoms with Crippen LogP contribution < -0.4 is 5.32 Å². The Morgan fingerprint density at radius 1 is 1.33 bits per heavy atom. The molecular formula is C14H18BrF2N. The molecule has 0 aromatic heterocycles. The second kappa shape index (κ2) is 6.11. The molecule has 0 saturated heterocycles.